The van der Waals surface area contributed by atoms with E-state index < -0.39 is 23.3 Å². The summed E-state index contributed by atoms with van der Waals surface area (Å²) in [7, 11) is 0. The third kappa shape index (κ3) is 5.86. The van der Waals surface area contributed by atoms with Gasteiger partial charge in [0.1, 0.15) is 28.0 Å². The SMILES string of the molecule is Nc1cc(S/C=C/C2=C(C(=O)O)N3C(=O)C(NC(=O)CSc4cc(Cl)ccc4Cl)C3SC2)nc(N)n1. The zero-order valence-corrected chi connectivity index (χ0v) is 22.1. The summed E-state index contributed by atoms with van der Waals surface area (Å²) >= 11 is 15.8. The topological polar surface area (TPSA) is 165 Å². The molecule has 0 bridgehead atoms. The number of amides is 2. The maximum atomic E-state index is 12.8. The summed E-state index contributed by atoms with van der Waals surface area (Å²) in [6, 6.07) is 5.65. The molecule has 2 aromatic rings. The Morgan fingerprint density at radius 1 is 1.28 bits per heavy atom. The molecule has 1 aromatic carbocycles. The first-order valence-corrected chi connectivity index (χ1v) is 13.8. The van der Waals surface area contributed by atoms with E-state index >= 15 is 0 Å². The number of nitrogens with two attached hydrogens (primary N) is 2. The number of anilines is 2. The predicted molar refractivity (Wildman–Crippen MR) is 143 cm³/mol. The number of nitrogens with one attached hydrogen (secondary N) is 1. The molecule has 2 amide bonds. The lowest BCUT2D eigenvalue weighted by molar-refractivity contribution is -0.150. The standard InChI is InChI=1S/C21H18Cl2N6O4S3/c22-10-1-2-11(23)12(5-10)35-8-14(30)27-16-18(31)29-17(20(32)33)9(7-36-19(16)29)3-4-34-15-6-13(24)26-21(25)28-15/h1-6,16,19H,7-8H2,(H,27,30)(H,32,33)(H4,24,25,26,28)/b4-3+. The number of β-lactam (4-membered cyclic amide) rings is 1. The average Bonchev–Trinajstić information content (AvgIpc) is 2.82. The molecule has 2 aliphatic rings. The van der Waals surface area contributed by atoms with Gasteiger partial charge in [0, 0.05) is 21.7 Å². The largest absolute Gasteiger partial charge is 0.477 e. The summed E-state index contributed by atoms with van der Waals surface area (Å²) in [5, 5.41) is 15.1. The number of carboxylic acid groups (broad SMARTS) is 1. The van der Waals surface area contributed by atoms with Crippen LogP contribution in [0.15, 0.2) is 56.9 Å². The molecule has 36 heavy (non-hydrogen) atoms. The number of hydrogen-bond acceptors (Lipinski definition) is 10. The quantitative estimate of drug-likeness (QED) is 0.204. The zero-order valence-electron chi connectivity index (χ0n) is 18.2. The predicted octanol–water partition coefficient (Wildman–Crippen LogP) is 3.08. The lowest BCUT2D eigenvalue weighted by atomic mass is 10.0. The molecule has 2 unspecified atom stereocenters. The smallest absolute Gasteiger partial charge is 0.352 e. The molecule has 0 spiro atoms. The van der Waals surface area contributed by atoms with E-state index in [0.717, 1.165) is 0 Å². The lowest BCUT2D eigenvalue weighted by Crippen LogP contribution is -2.70. The van der Waals surface area contributed by atoms with Crippen LogP contribution in [0.3, 0.4) is 0 Å². The summed E-state index contributed by atoms with van der Waals surface area (Å²) in [5.74, 6) is -1.50. The van der Waals surface area contributed by atoms with Crippen molar-refractivity contribution in [3.63, 3.8) is 0 Å². The molecule has 10 nitrogen and oxygen atoms in total. The Morgan fingerprint density at radius 2 is 2.06 bits per heavy atom. The summed E-state index contributed by atoms with van der Waals surface area (Å²) in [6.45, 7) is 0. The number of carbonyl (C=O) groups excluding carboxylic acids is 2. The van der Waals surface area contributed by atoms with Crippen LogP contribution in [-0.4, -0.2) is 60.7 Å². The summed E-state index contributed by atoms with van der Waals surface area (Å²) in [6.07, 6.45) is 1.61. The van der Waals surface area contributed by atoms with Crippen molar-refractivity contribution in [2.75, 3.05) is 23.0 Å². The summed E-state index contributed by atoms with van der Waals surface area (Å²) < 4.78 is 0. The fourth-order valence-electron chi connectivity index (χ4n) is 3.42. The lowest BCUT2D eigenvalue weighted by Gasteiger charge is -2.49. The number of hydrogen-bond donors (Lipinski definition) is 4. The van der Waals surface area contributed by atoms with Crippen LogP contribution in [0, 0.1) is 0 Å². The molecule has 0 aliphatic carbocycles. The van der Waals surface area contributed by atoms with Crippen molar-refractivity contribution in [1.82, 2.24) is 20.2 Å². The Balaban J connectivity index is 1.40. The van der Waals surface area contributed by atoms with Crippen LogP contribution >= 0.6 is 58.5 Å². The van der Waals surface area contributed by atoms with E-state index in [0.29, 0.717) is 31.3 Å². The second kappa shape index (κ2) is 11.2. The van der Waals surface area contributed by atoms with Gasteiger partial charge in [-0.05, 0) is 35.3 Å². The minimum atomic E-state index is -1.23. The number of fused-ring (bicyclic) bond motifs is 1. The molecule has 1 saturated heterocycles. The number of nitrogen functional groups attached to an aromatic ring is 2. The van der Waals surface area contributed by atoms with E-state index in [9.17, 15) is 19.5 Å². The van der Waals surface area contributed by atoms with Gasteiger partial charge in [-0.1, -0.05) is 35.0 Å². The number of rotatable bonds is 8. The average molecular weight is 586 g/mol. The maximum Gasteiger partial charge on any atom is 0.352 e. The van der Waals surface area contributed by atoms with Crippen molar-refractivity contribution < 1.29 is 19.5 Å². The van der Waals surface area contributed by atoms with Crippen LogP contribution in [0.1, 0.15) is 0 Å². The van der Waals surface area contributed by atoms with Crippen molar-refractivity contribution in [1.29, 1.82) is 0 Å². The number of carbonyl (C=O) groups is 3. The van der Waals surface area contributed by atoms with Crippen LogP contribution < -0.4 is 16.8 Å². The van der Waals surface area contributed by atoms with Gasteiger partial charge in [-0.3, -0.25) is 14.5 Å². The number of benzene rings is 1. The fourth-order valence-corrected chi connectivity index (χ4v) is 6.75. The molecule has 6 N–H and O–H groups in total. The van der Waals surface area contributed by atoms with Crippen molar-refractivity contribution >= 4 is 88.0 Å². The minimum Gasteiger partial charge on any atom is -0.477 e. The van der Waals surface area contributed by atoms with Gasteiger partial charge in [-0.15, -0.1) is 23.5 Å². The summed E-state index contributed by atoms with van der Waals surface area (Å²) in [4.78, 5) is 47.0. The minimum absolute atomic E-state index is 0.0200. The molecule has 3 heterocycles. The Hall–Kier alpha value is -2.58. The molecule has 2 atom stereocenters. The first-order valence-electron chi connectivity index (χ1n) is 10.2. The number of nitrogens with zero attached hydrogens (tertiary/aromatic N) is 3. The van der Waals surface area contributed by atoms with E-state index in [4.69, 9.17) is 34.7 Å². The normalized spacial score (nSPS) is 19.3. The number of aliphatic carboxylic acids is 1. The molecular weight excluding hydrogens is 567 g/mol. The Labute approximate surface area is 228 Å². The second-order valence-corrected chi connectivity index (χ2v) is 11.3. The van der Waals surface area contributed by atoms with Crippen molar-refractivity contribution in [3.05, 3.63) is 57.1 Å². The first kappa shape index (κ1) is 26.5. The van der Waals surface area contributed by atoms with Crippen LogP contribution in [0.25, 0.3) is 0 Å². The highest BCUT2D eigenvalue weighted by Crippen LogP contribution is 2.41. The highest BCUT2D eigenvalue weighted by Gasteiger charge is 2.53. The van der Waals surface area contributed by atoms with Gasteiger partial charge in [0.05, 0.1) is 10.8 Å². The van der Waals surface area contributed by atoms with Crippen molar-refractivity contribution in [2.45, 2.75) is 21.3 Å². The van der Waals surface area contributed by atoms with E-state index in [-0.39, 0.29) is 29.1 Å². The zero-order chi connectivity index (χ0) is 26.0. The van der Waals surface area contributed by atoms with Gasteiger partial charge >= 0.3 is 5.97 Å². The van der Waals surface area contributed by atoms with Gasteiger partial charge in [0.15, 0.2) is 0 Å². The van der Waals surface area contributed by atoms with E-state index in [1.54, 1.807) is 29.7 Å². The Bertz CT molecular complexity index is 1290. The molecule has 4 rings (SSSR count). The highest BCUT2D eigenvalue weighted by atomic mass is 35.5. The number of thioether (sulfide) groups is 3. The highest BCUT2D eigenvalue weighted by molar-refractivity contribution is 8.02. The van der Waals surface area contributed by atoms with Crippen LogP contribution in [0.5, 0.6) is 0 Å². The molecule has 1 aromatic heterocycles. The second-order valence-electron chi connectivity index (χ2n) is 7.41. The van der Waals surface area contributed by atoms with E-state index in [1.165, 1.54) is 46.3 Å². The molecular formula is C21H18Cl2N6O4S3. The number of carboxylic acids is 1. The molecule has 0 saturated carbocycles. The monoisotopic (exact) mass is 584 g/mol. The third-order valence-corrected chi connectivity index (χ3v) is 8.72. The first-order chi connectivity index (χ1) is 17.1. The number of halogens is 2. The van der Waals surface area contributed by atoms with Gasteiger partial charge in [-0.25, -0.2) is 9.78 Å². The molecule has 0 radical (unpaired) electrons. The van der Waals surface area contributed by atoms with E-state index in [1.807, 2.05) is 0 Å². The Morgan fingerprint density at radius 3 is 2.78 bits per heavy atom. The maximum absolute atomic E-state index is 12.8. The van der Waals surface area contributed by atoms with Crippen molar-refractivity contribution in [2.24, 2.45) is 0 Å². The van der Waals surface area contributed by atoms with Crippen LogP contribution in [0.4, 0.5) is 11.8 Å². The van der Waals surface area contributed by atoms with Crippen LogP contribution in [0.2, 0.25) is 10.0 Å². The van der Waals surface area contributed by atoms with Crippen LogP contribution in [-0.2, 0) is 14.4 Å². The molecule has 1 fully saturated rings. The van der Waals surface area contributed by atoms with Gasteiger partial charge in [-0.2, -0.15) is 4.98 Å². The Kier molecular flexibility index (Phi) is 8.25. The van der Waals surface area contributed by atoms with E-state index in [2.05, 4.69) is 15.3 Å². The molecule has 15 heteroatoms. The van der Waals surface area contributed by atoms with Gasteiger partial charge in [0.2, 0.25) is 11.9 Å². The third-order valence-electron chi connectivity index (χ3n) is 4.97. The van der Waals surface area contributed by atoms with Gasteiger partial charge in [0.25, 0.3) is 5.91 Å². The number of allylic oxidation sites excluding steroid dienone is 1. The fraction of sp³-hybridized carbons (Fsp3) is 0.190. The molecule has 188 valence electrons. The van der Waals surface area contributed by atoms with Gasteiger partial charge < -0.3 is 21.9 Å². The number of aromatic nitrogens is 2. The molecule has 2 aliphatic heterocycles. The van der Waals surface area contributed by atoms with Crippen molar-refractivity contribution in [3.8, 4) is 0 Å². The summed E-state index contributed by atoms with van der Waals surface area (Å²) in [5.41, 5.74) is 11.6.